The fourth-order valence-corrected chi connectivity index (χ4v) is 8.84. The van der Waals surface area contributed by atoms with Crippen LogP contribution >= 0.6 is 0 Å². The molecule has 0 radical (unpaired) electrons. The highest BCUT2D eigenvalue weighted by Crippen LogP contribution is 2.68. The van der Waals surface area contributed by atoms with Gasteiger partial charge in [0.15, 0.2) is 0 Å². The summed E-state index contributed by atoms with van der Waals surface area (Å²) in [7, 11) is 0. The Morgan fingerprint density at radius 3 is 2.50 bits per heavy atom. The number of rotatable bonds is 3. The molecule has 0 amide bonds. The van der Waals surface area contributed by atoms with Crippen molar-refractivity contribution in [3.05, 3.63) is 0 Å². The van der Waals surface area contributed by atoms with Crippen LogP contribution in [0.4, 0.5) is 0 Å². The molecule has 150 valence electrons. The minimum absolute atomic E-state index is 0.0224. The van der Waals surface area contributed by atoms with Gasteiger partial charge in [-0.15, -0.1) is 0 Å². The van der Waals surface area contributed by atoms with Crippen LogP contribution in [0.1, 0.15) is 91.9 Å². The lowest BCUT2D eigenvalue weighted by Crippen LogP contribution is -2.61. The topological polar surface area (TPSA) is 40.5 Å². The van der Waals surface area contributed by atoms with Gasteiger partial charge in [-0.3, -0.25) is 0 Å². The second-order valence-electron chi connectivity index (χ2n) is 11.1. The van der Waals surface area contributed by atoms with E-state index in [-0.39, 0.29) is 17.6 Å². The van der Waals surface area contributed by atoms with Crippen molar-refractivity contribution >= 4 is 0 Å². The third-order valence-corrected chi connectivity index (χ3v) is 10.2. The van der Waals surface area contributed by atoms with Crippen molar-refractivity contribution in [2.45, 2.75) is 104 Å². The molecule has 0 unspecified atom stereocenters. The molecule has 0 bridgehead atoms. The summed E-state index contributed by atoms with van der Waals surface area (Å²) in [5.74, 6) is 3.49. The molecule has 4 rings (SSSR count). The van der Waals surface area contributed by atoms with Crippen molar-refractivity contribution in [2.75, 3.05) is 0 Å². The number of aliphatic hydroxyl groups excluding tert-OH is 2. The summed E-state index contributed by atoms with van der Waals surface area (Å²) in [4.78, 5) is 0. The third kappa shape index (κ3) is 2.57. The summed E-state index contributed by atoms with van der Waals surface area (Å²) in [6, 6.07) is 0. The average Bonchev–Trinajstić information content (AvgIpc) is 2.95. The van der Waals surface area contributed by atoms with E-state index in [9.17, 15) is 10.2 Å². The summed E-state index contributed by atoms with van der Waals surface area (Å²) in [6.07, 6.45) is 12.0. The molecule has 4 saturated carbocycles. The quantitative estimate of drug-likeness (QED) is 0.704. The van der Waals surface area contributed by atoms with E-state index >= 15 is 0 Å². The van der Waals surface area contributed by atoms with Crippen molar-refractivity contribution < 1.29 is 10.2 Å². The summed E-state index contributed by atoms with van der Waals surface area (Å²) < 4.78 is 0. The molecule has 0 aromatic rings. The van der Waals surface area contributed by atoms with Gasteiger partial charge in [0.25, 0.3) is 0 Å². The van der Waals surface area contributed by atoms with Gasteiger partial charge in [-0.25, -0.2) is 0 Å². The molecule has 2 N–H and O–H groups in total. The van der Waals surface area contributed by atoms with Crippen LogP contribution in [-0.4, -0.2) is 22.4 Å². The van der Waals surface area contributed by atoms with Crippen LogP contribution in [0.25, 0.3) is 0 Å². The smallest absolute Gasteiger partial charge is 0.0602 e. The monoisotopic (exact) mass is 362 g/mol. The molecule has 2 heteroatoms. The molecular weight excluding hydrogens is 320 g/mol. The Morgan fingerprint density at radius 2 is 1.77 bits per heavy atom. The molecule has 0 spiro atoms. The minimum atomic E-state index is -0.176. The second kappa shape index (κ2) is 6.76. The SMILES string of the molecule is CCC[C@@H](C)[C@H]1CC[C@H]2[C@@H]3[C@H](O)C[C@@H]4CCCC[C@]4(C)[C@H]3C[C@H](O)[C@]12C. The highest BCUT2D eigenvalue weighted by atomic mass is 16.3. The van der Waals surface area contributed by atoms with Gasteiger partial charge in [0.2, 0.25) is 0 Å². The first-order valence-corrected chi connectivity index (χ1v) is 11.7. The van der Waals surface area contributed by atoms with E-state index in [4.69, 9.17) is 0 Å². The summed E-state index contributed by atoms with van der Waals surface area (Å²) in [5.41, 5.74) is 0.381. The molecule has 10 atom stereocenters. The lowest BCUT2D eigenvalue weighted by Gasteiger charge is -2.63. The molecular formula is C24H42O2. The summed E-state index contributed by atoms with van der Waals surface area (Å²) in [5, 5.41) is 22.7. The van der Waals surface area contributed by atoms with Crippen LogP contribution in [0.15, 0.2) is 0 Å². The van der Waals surface area contributed by atoms with Gasteiger partial charge in [-0.2, -0.15) is 0 Å². The van der Waals surface area contributed by atoms with E-state index in [0.717, 1.165) is 12.8 Å². The molecule has 0 aromatic heterocycles. The summed E-state index contributed by atoms with van der Waals surface area (Å²) in [6.45, 7) is 9.61. The van der Waals surface area contributed by atoms with Gasteiger partial charge < -0.3 is 10.2 Å². The zero-order valence-electron chi connectivity index (χ0n) is 17.6. The zero-order chi connectivity index (χ0) is 18.7. The fourth-order valence-electron chi connectivity index (χ4n) is 8.84. The molecule has 2 nitrogen and oxygen atoms in total. The average molecular weight is 363 g/mol. The first-order valence-electron chi connectivity index (χ1n) is 11.7. The van der Waals surface area contributed by atoms with E-state index in [1.807, 2.05) is 0 Å². The van der Waals surface area contributed by atoms with Gasteiger partial charge in [0, 0.05) is 0 Å². The van der Waals surface area contributed by atoms with E-state index in [1.165, 1.54) is 51.4 Å². The standard InChI is InChI=1S/C24H42O2/c1-5-8-15(2)17-10-11-18-22-19(14-21(26)24(17,18)4)23(3)12-7-6-9-16(23)13-20(22)25/h15-22,25-26H,5-14H2,1-4H3/t15-,16+,17-,18+,19+,20-,21+,22+,23+,24-/m1/s1. The molecule has 0 aromatic carbocycles. The molecule has 0 saturated heterocycles. The Hall–Kier alpha value is -0.0800. The molecule has 4 fully saturated rings. The zero-order valence-corrected chi connectivity index (χ0v) is 17.6. The molecule has 26 heavy (non-hydrogen) atoms. The van der Waals surface area contributed by atoms with Gasteiger partial charge in [-0.1, -0.05) is 53.4 Å². The maximum Gasteiger partial charge on any atom is 0.0602 e. The van der Waals surface area contributed by atoms with Crippen molar-refractivity contribution in [3.63, 3.8) is 0 Å². The van der Waals surface area contributed by atoms with Crippen LogP contribution in [-0.2, 0) is 0 Å². The number of aliphatic hydroxyl groups is 2. The number of fused-ring (bicyclic) bond motifs is 5. The Labute approximate surface area is 161 Å². The first kappa shape index (κ1) is 19.2. The van der Waals surface area contributed by atoms with Crippen molar-refractivity contribution in [1.29, 1.82) is 0 Å². The predicted molar refractivity (Wildman–Crippen MR) is 107 cm³/mol. The van der Waals surface area contributed by atoms with E-state index in [1.54, 1.807) is 0 Å². The van der Waals surface area contributed by atoms with Crippen LogP contribution in [0.5, 0.6) is 0 Å². The normalized spacial score (nSPS) is 54.9. The number of hydrogen-bond donors (Lipinski definition) is 2. The van der Waals surface area contributed by atoms with Gasteiger partial charge >= 0.3 is 0 Å². The maximum absolute atomic E-state index is 11.5. The van der Waals surface area contributed by atoms with Crippen LogP contribution in [0.2, 0.25) is 0 Å². The van der Waals surface area contributed by atoms with Crippen LogP contribution in [0.3, 0.4) is 0 Å². The lowest BCUT2D eigenvalue weighted by molar-refractivity contribution is -0.201. The van der Waals surface area contributed by atoms with Crippen LogP contribution in [0, 0.1) is 46.3 Å². The van der Waals surface area contributed by atoms with E-state index in [2.05, 4.69) is 27.7 Å². The number of hydrogen-bond acceptors (Lipinski definition) is 2. The maximum atomic E-state index is 11.5. The van der Waals surface area contributed by atoms with Crippen LogP contribution < -0.4 is 0 Å². The molecule has 4 aliphatic carbocycles. The minimum Gasteiger partial charge on any atom is -0.393 e. The Bertz CT molecular complexity index is 518. The highest BCUT2D eigenvalue weighted by Gasteiger charge is 2.65. The Balaban J connectivity index is 1.67. The lowest BCUT2D eigenvalue weighted by atomic mass is 9.43. The highest BCUT2D eigenvalue weighted by molar-refractivity contribution is 5.14. The summed E-state index contributed by atoms with van der Waals surface area (Å²) >= 11 is 0. The van der Waals surface area contributed by atoms with Crippen molar-refractivity contribution in [2.24, 2.45) is 46.3 Å². The first-order chi connectivity index (χ1) is 12.3. The second-order valence-corrected chi connectivity index (χ2v) is 11.1. The van der Waals surface area contributed by atoms with E-state index < -0.39 is 0 Å². The van der Waals surface area contributed by atoms with Gasteiger partial charge in [-0.05, 0) is 84.9 Å². The van der Waals surface area contributed by atoms with Crippen molar-refractivity contribution in [1.82, 2.24) is 0 Å². The van der Waals surface area contributed by atoms with E-state index in [0.29, 0.717) is 40.9 Å². The molecule has 0 heterocycles. The predicted octanol–water partition coefficient (Wildman–Crippen LogP) is 5.41. The largest absolute Gasteiger partial charge is 0.393 e. The fraction of sp³-hybridized carbons (Fsp3) is 1.00. The molecule has 0 aliphatic heterocycles. The Kier molecular flexibility index (Phi) is 5.01. The van der Waals surface area contributed by atoms with Gasteiger partial charge in [0.05, 0.1) is 12.2 Å². The van der Waals surface area contributed by atoms with Gasteiger partial charge in [0.1, 0.15) is 0 Å². The third-order valence-electron chi connectivity index (χ3n) is 10.2. The molecule has 4 aliphatic rings. The van der Waals surface area contributed by atoms with Crippen molar-refractivity contribution in [3.8, 4) is 0 Å². The Morgan fingerprint density at radius 1 is 1.00 bits per heavy atom.